The first-order valence-electron chi connectivity index (χ1n) is 7.31. The number of benzene rings is 1. The van der Waals surface area contributed by atoms with E-state index in [1.165, 1.54) is 17.4 Å². The number of halogens is 3. The lowest BCUT2D eigenvalue weighted by atomic mass is 10.3. The number of furan rings is 1. The zero-order chi connectivity index (χ0) is 17.9. The van der Waals surface area contributed by atoms with E-state index in [9.17, 15) is 18.0 Å². The third kappa shape index (κ3) is 4.58. The molecule has 0 atom stereocenters. The van der Waals surface area contributed by atoms with Crippen molar-refractivity contribution in [2.75, 3.05) is 19.8 Å². The molecule has 1 amide bonds. The van der Waals surface area contributed by atoms with Crippen molar-refractivity contribution in [3.8, 4) is 10.8 Å². The molecular weight excluding hydrogens is 357 g/mol. The summed E-state index contributed by atoms with van der Waals surface area (Å²) < 4.78 is 46.6. The molecule has 0 saturated carbocycles. The van der Waals surface area contributed by atoms with Crippen molar-refractivity contribution >= 4 is 27.5 Å². The Kier molecular flexibility index (Phi) is 5.05. The third-order valence-electron chi connectivity index (χ3n) is 3.13. The minimum Gasteiger partial charge on any atom is -0.448 e. The Morgan fingerprint density at radius 1 is 1.24 bits per heavy atom. The number of alkyl halides is 3. The number of carbonyl (C=O) groups is 1. The van der Waals surface area contributed by atoms with Gasteiger partial charge in [-0.3, -0.25) is 4.79 Å². The predicted molar refractivity (Wildman–Crippen MR) is 86.5 cm³/mol. The Hall–Kier alpha value is -2.39. The number of thiazole rings is 1. The minimum atomic E-state index is -4.38. The SMILES string of the molecule is O=C(NCCOCC(F)(F)F)c1ccc(-c2nc3ccccc3s2)o1. The molecule has 25 heavy (non-hydrogen) atoms. The van der Waals surface area contributed by atoms with Crippen molar-refractivity contribution in [2.24, 2.45) is 0 Å². The van der Waals surface area contributed by atoms with Gasteiger partial charge in [0.25, 0.3) is 5.91 Å². The van der Waals surface area contributed by atoms with Crippen LogP contribution in [0, 0.1) is 0 Å². The topological polar surface area (TPSA) is 64.4 Å². The molecule has 0 radical (unpaired) electrons. The van der Waals surface area contributed by atoms with Crippen LogP contribution in [0.2, 0.25) is 0 Å². The monoisotopic (exact) mass is 370 g/mol. The summed E-state index contributed by atoms with van der Waals surface area (Å²) in [5, 5.41) is 3.08. The molecule has 132 valence electrons. The number of nitrogens with zero attached hydrogens (tertiary/aromatic N) is 1. The standard InChI is InChI=1S/C16H13F3N2O3S/c17-16(18,19)9-23-8-7-20-14(22)11-5-6-12(24-11)15-21-10-3-1-2-4-13(10)25-15/h1-6H,7-9H2,(H,20,22). The highest BCUT2D eigenvalue weighted by Crippen LogP contribution is 2.31. The summed E-state index contributed by atoms with van der Waals surface area (Å²) in [6, 6.07) is 10.7. The summed E-state index contributed by atoms with van der Waals surface area (Å²) in [5.74, 6) is -0.00674. The summed E-state index contributed by atoms with van der Waals surface area (Å²) in [6.07, 6.45) is -4.38. The molecule has 1 aromatic carbocycles. The smallest absolute Gasteiger partial charge is 0.411 e. The Morgan fingerprint density at radius 3 is 2.80 bits per heavy atom. The second-order valence-corrected chi connectivity index (χ2v) is 6.10. The maximum Gasteiger partial charge on any atom is 0.411 e. The number of rotatable bonds is 6. The van der Waals surface area contributed by atoms with E-state index in [1.54, 1.807) is 6.07 Å². The predicted octanol–water partition coefficient (Wildman–Crippen LogP) is 3.87. The van der Waals surface area contributed by atoms with Crippen LogP contribution < -0.4 is 5.32 Å². The highest BCUT2D eigenvalue weighted by Gasteiger charge is 2.27. The van der Waals surface area contributed by atoms with Crippen molar-refractivity contribution in [3.05, 3.63) is 42.2 Å². The van der Waals surface area contributed by atoms with Gasteiger partial charge in [0.15, 0.2) is 16.5 Å². The van der Waals surface area contributed by atoms with E-state index in [1.807, 2.05) is 24.3 Å². The number of ether oxygens (including phenoxy) is 1. The molecule has 0 fully saturated rings. The summed E-state index contributed by atoms with van der Waals surface area (Å²) in [6.45, 7) is -1.63. The quantitative estimate of drug-likeness (QED) is 0.669. The van der Waals surface area contributed by atoms with Gasteiger partial charge in [0.2, 0.25) is 0 Å². The zero-order valence-corrected chi connectivity index (χ0v) is 13.6. The molecule has 0 aliphatic rings. The van der Waals surface area contributed by atoms with Gasteiger partial charge in [-0.15, -0.1) is 11.3 Å². The van der Waals surface area contributed by atoms with Crippen LogP contribution in [0.25, 0.3) is 21.0 Å². The number of aromatic nitrogens is 1. The average Bonchev–Trinajstić information content (AvgIpc) is 3.19. The largest absolute Gasteiger partial charge is 0.448 e. The number of nitrogens with one attached hydrogen (secondary N) is 1. The summed E-state index contributed by atoms with van der Waals surface area (Å²) in [5.41, 5.74) is 0.840. The zero-order valence-electron chi connectivity index (χ0n) is 12.8. The Bertz CT molecular complexity index is 840. The average molecular weight is 370 g/mol. The van der Waals surface area contributed by atoms with Crippen molar-refractivity contribution < 1.29 is 27.1 Å². The Balaban J connectivity index is 1.56. The number of amides is 1. The molecule has 1 N–H and O–H groups in total. The minimum absolute atomic E-state index is 0.0495. The van der Waals surface area contributed by atoms with Crippen molar-refractivity contribution in [2.45, 2.75) is 6.18 Å². The lowest BCUT2D eigenvalue weighted by Gasteiger charge is -2.07. The molecular formula is C16H13F3N2O3S. The summed E-state index contributed by atoms with van der Waals surface area (Å²) in [4.78, 5) is 16.4. The van der Waals surface area contributed by atoms with Gasteiger partial charge >= 0.3 is 6.18 Å². The van der Waals surface area contributed by atoms with Crippen LogP contribution in [0.15, 0.2) is 40.8 Å². The van der Waals surface area contributed by atoms with Gasteiger partial charge in [0.05, 0.1) is 16.8 Å². The first kappa shape index (κ1) is 17.4. The number of fused-ring (bicyclic) bond motifs is 1. The molecule has 0 spiro atoms. The van der Waals surface area contributed by atoms with E-state index in [-0.39, 0.29) is 18.9 Å². The van der Waals surface area contributed by atoms with E-state index in [2.05, 4.69) is 15.0 Å². The van der Waals surface area contributed by atoms with Gasteiger partial charge in [-0.2, -0.15) is 13.2 Å². The molecule has 5 nitrogen and oxygen atoms in total. The Labute approximate surface area is 144 Å². The van der Waals surface area contributed by atoms with Crippen molar-refractivity contribution in [1.82, 2.24) is 10.3 Å². The van der Waals surface area contributed by atoms with Crippen molar-refractivity contribution in [3.63, 3.8) is 0 Å². The lowest BCUT2D eigenvalue weighted by Crippen LogP contribution is -2.28. The molecule has 0 aliphatic heterocycles. The van der Waals surface area contributed by atoms with Crippen LogP contribution in [0.4, 0.5) is 13.2 Å². The molecule has 0 saturated heterocycles. The fourth-order valence-electron chi connectivity index (χ4n) is 2.06. The molecule has 2 aromatic heterocycles. The first-order chi connectivity index (χ1) is 11.9. The summed E-state index contributed by atoms with van der Waals surface area (Å²) >= 11 is 1.44. The van der Waals surface area contributed by atoms with Crippen LogP contribution in [0.1, 0.15) is 10.6 Å². The molecule has 2 heterocycles. The second kappa shape index (κ2) is 7.24. The maximum atomic E-state index is 11.9. The fourth-order valence-corrected chi connectivity index (χ4v) is 2.99. The third-order valence-corrected chi connectivity index (χ3v) is 4.18. The second-order valence-electron chi connectivity index (χ2n) is 5.07. The van der Waals surface area contributed by atoms with Gasteiger partial charge in [0, 0.05) is 6.54 Å². The van der Waals surface area contributed by atoms with Gasteiger partial charge in [-0.05, 0) is 24.3 Å². The van der Waals surface area contributed by atoms with Gasteiger partial charge < -0.3 is 14.5 Å². The molecule has 0 unspecified atom stereocenters. The van der Waals surface area contributed by atoms with Crippen LogP contribution in [0.3, 0.4) is 0 Å². The van der Waals surface area contributed by atoms with Crippen molar-refractivity contribution in [1.29, 1.82) is 0 Å². The van der Waals surface area contributed by atoms with Gasteiger partial charge in [0.1, 0.15) is 6.61 Å². The van der Waals surface area contributed by atoms with E-state index in [4.69, 9.17) is 4.42 Å². The number of hydrogen-bond donors (Lipinski definition) is 1. The molecule has 3 aromatic rings. The lowest BCUT2D eigenvalue weighted by molar-refractivity contribution is -0.173. The number of carbonyl (C=O) groups excluding carboxylic acids is 1. The van der Waals surface area contributed by atoms with Crippen LogP contribution in [-0.2, 0) is 4.74 Å². The van der Waals surface area contributed by atoms with Gasteiger partial charge in [-0.25, -0.2) is 4.98 Å². The number of para-hydroxylation sites is 1. The van der Waals surface area contributed by atoms with E-state index >= 15 is 0 Å². The fraction of sp³-hybridized carbons (Fsp3) is 0.250. The molecule has 0 bridgehead atoms. The normalized spacial score (nSPS) is 11.8. The number of hydrogen-bond acceptors (Lipinski definition) is 5. The van der Waals surface area contributed by atoms with Crippen LogP contribution in [-0.4, -0.2) is 36.8 Å². The maximum absolute atomic E-state index is 11.9. The Morgan fingerprint density at radius 2 is 2.04 bits per heavy atom. The van der Waals surface area contributed by atoms with E-state index in [0.29, 0.717) is 10.8 Å². The van der Waals surface area contributed by atoms with Crippen LogP contribution in [0.5, 0.6) is 0 Å². The molecule has 3 rings (SSSR count). The van der Waals surface area contributed by atoms with Gasteiger partial charge in [-0.1, -0.05) is 12.1 Å². The first-order valence-corrected chi connectivity index (χ1v) is 8.12. The molecule has 0 aliphatic carbocycles. The van der Waals surface area contributed by atoms with E-state index < -0.39 is 18.7 Å². The highest BCUT2D eigenvalue weighted by atomic mass is 32.1. The molecule has 9 heteroatoms. The highest BCUT2D eigenvalue weighted by molar-refractivity contribution is 7.21. The summed E-state index contributed by atoms with van der Waals surface area (Å²) in [7, 11) is 0. The van der Waals surface area contributed by atoms with Crippen LogP contribution >= 0.6 is 11.3 Å². The van der Waals surface area contributed by atoms with E-state index in [0.717, 1.165) is 10.2 Å².